The van der Waals surface area contributed by atoms with Crippen LogP contribution < -0.4 is 15.8 Å². The fourth-order valence-corrected chi connectivity index (χ4v) is 3.42. The summed E-state index contributed by atoms with van der Waals surface area (Å²) in [6, 6.07) is 9.46. The summed E-state index contributed by atoms with van der Waals surface area (Å²) in [5, 5.41) is 2.85. The van der Waals surface area contributed by atoms with Crippen LogP contribution in [0.2, 0.25) is 4.34 Å². The molecule has 1 aromatic heterocycles. The van der Waals surface area contributed by atoms with Crippen LogP contribution in [0.25, 0.3) is 0 Å². The van der Waals surface area contributed by atoms with Crippen LogP contribution in [0.1, 0.15) is 23.0 Å². The number of ether oxygens (including phenoxy) is 1. The molecule has 21 heavy (non-hydrogen) atoms. The second-order valence-electron chi connectivity index (χ2n) is 4.85. The molecule has 0 bridgehead atoms. The van der Waals surface area contributed by atoms with Crippen LogP contribution in [0.15, 0.2) is 30.3 Å². The van der Waals surface area contributed by atoms with E-state index in [2.05, 4.69) is 5.32 Å². The highest BCUT2D eigenvalue weighted by atomic mass is 35.5. The Bertz CT molecular complexity index is 671. The van der Waals surface area contributed by atoms with Crippen molar-refractivity contribution in [2.24, 2.45) is 5.73 Å². The Hall–Kier alpha value is -1.56. The largest absolute Gasteiger partial charge is 0.484 e. The van der Waals surface area contributed by atoms with Crippen LogP contribution >= 0.6 is 22.9 Å². The number of aryl methyl sites for hydroxylation is 1. The van der Waals surface area contributed by atoms with Crippen LogP contribution in [-0.2, 0) is 11.2 Å². The fraction of sp³-hybridized carbons (Fsp3) is 0.267. The molecule has 3 rings (SSSR count). The second-order valence-corrected chi connectivity index (χ2v) is 6.60. The predicted molar refractivity (Wildman–Crippen MR) is 85.1 cm³/mol. The van der Waals surface area contributed by atoms with Crippen molar-refractivity contribution in [3.8, 4) is 5.75 Å². The van der Waals surface area contributed by atoms with E-state index in [4.69, 9.17) is 22.1 Å². The van der Waals surface area contributed by atoms with Crippen molar-refractivity contribution in [1.82, 2.24) is 0 Å². The Balaban J connectivity index is 1.79. The number of fused-ring (bicyclic) bond motifs is 1. The van der Waals surface area contributed by atoms with Crippen molar-refractivity contribution in [3.05, 3.63) is 45.1 Å². The molecule has 0 aliphatic carbocycles. The molecular formula is C15H15ClN2O2S. The summed E-state index contributed by atoms with van der Waals surface area (Å²) in [6.07, 6.45) is 1.03. The van der Waals surface area contributed by atoms with Crippen molar-refractivity contribution in [1.29, 1.82) is 0 Å². The van der Waals surface area contributed by atoms with E-state index < -0.39 is 0 Å². The molecule has 6 heteroatoms. The summed E-state index contributed by atoms with van der Waals surface area (Å²) in [6.45, 7) is 0.380. The molecule has 1 unspecified atom stereocenters. The minimum Gasteiger partial charge on any atom is -0.484 e. The summed E-state index contributed by atoms with van der Waals surface area (Å²) < 4.78 is 6.69. The lowest BCUT2D eigenvalue weighted by Crippen LogP contribution is -2.20. The van der Waals surface area contributed by atoms with Crippen LogP contribution in [-0.4, -0.2) is 12.5 Å². The number of anilines is 1. The molecule has 0 radical (unpaired) electrons. The van der Waals surface area contributed by atoms with Crippen molar-refractivity contribution in [2.45, 2.75) is 18.9 Å². The summed E-state index contributed by atoms with van der Waals surface area (Å²) >= 11 is 7.43. The zero-order chi connectivity index (χ0) is 14.8. The van der Waals surface area contributed by atoms with Gasteiger partial charge >= 0.3 is 0 Å². The number of hydrogen-bond donors (Lipinski definition) is 2. The van der Waals surface area contributed by atoms with E-state index in [0.29, 0.717) is 13.0 Å². The highest BCUT2D eigenvalue weighted by Gasteiger charge is 2.18. The van der Waals surface area contributed by atoms with E-state index in [1.165, 1.54) is 11.3 Å². The maximum Gasteiger partial charge on any atom is 0.224 e. The zero-order valence-corrected chi connectivity index (χ0v) is 12.8. The molecule has 3 N–H and O–H groups in total. The van der Waals surface area contributed by atoms with Gasteiger partial charge in [-0.15, -0.1) is 11.3 Å². The number of thiophene rings is 1. The van der Waals surface area contributed by atoms with Gasteiger partial charge in [-0.1, -0.05) is 11.6 Å². The van der Waals surface area contributed by atoms with Gasteiger partial charge in [-0.05, 0) is 42.3 Å². The molecule has 1 atom stereocenters. The molecule has 110 valence electrons. The quantitative estimate of drug-likeness (QED) is 0.907. The minimum atomic E-state index is -0.210. The number of nitrogens with two attached hydrogens (primary N) is 1. The Morgan fingerprint density at radius 2 is 2.19 bits per heavy atom. The van der Waals surface area contributed by atoms with Gasteiger partial charge in [0.05, 0.1) is 4.34 Å². The van der Waals surface area contributed by atoms with Gasteiger partial charge in [-0.3, -0.25) is 4.79 Å². The second kappa shape index (κ2) is 6.05. The number of nitrogens with one attached hydrogen (secondary N) is 1. The number of hydrogen-bond acceptors (Lipinski definition) is 4. The average molecular weight is 323 g/mol. The molecule has 4 nitrogen and oxygen atoms in total. The molecule has 2 aromatic rings. The topological polar surface area (TPSA) is 64.3 Å². The van der Waals surface area contributed by atoms with E-state index in [9.17, 15) is 4.79 Å². The summed E-state index contributed by atoms with van der Waals surface area (Å²) in [5.41, 5.74) is 7.75. The molecule has 1 aliphatic rings. The Kier molecular flexibility index (Phi) is 4.14. The predicted octanol–water partition coefficient (Wildman–Crippen LogP) is 3.37. The number of amides is 1. The molecule has 1 amide bonds. The van der Waals surface area contributed by atoms with E-state index in [0.717, 1.165) is 32.6 Å². The third-order valence-corrected chi connectivity index (χ3v) is 4.70. The lowest BCUT2D eigenvalue weighted by atomic mass is 10.0. The number of carbonyl (C=O) groups is 1. The summed E-state index contributed by atoms with van der Waals surface area (Å²) in [4.78, 5) is 12.4. The maximum atomic E-state index is 11.4. The van der Waals surface area contributed by atoms with Gasteiger partial charge in [0.15, 0.2) is 0 Å². The number of benzene rings is 1. The molecule has 0 spiro atoms. The fourth-order valence-electron chi connectivity index (χ4n) is 2.32. The van der Waals surface area contributed by atoms with E-state index in [1.807, 2.05) is 30.3 Å². The molecule has 0 saturated heterocycles. The Morgan fingerprint density at radius 1 is 1.33 bits per heavy atom. The highest BCUT2D eigenvalue weighted by molar-refractivity contribution is 7.16. The lowest BCUT2D eigenvalue weighted by molar-refractivity contribution is -0.116. The molecule has 0 saturated carbocycles. The SMILES string of the molecule is NCC(Oc1ccc2c(c1)CCC(=O)N2)c1ccc(Cl)s1. The normalized spacial score (nSPS) is 15.2. The summed E-state index contributed by atoms with van der Waals surface area (Å²) in [5.74, 6) is 0.814. The Morgan fingerprint density at radius 3 is 2.90 bits per heavy atom. The van der Waals surface area contributed by atoms with Crippen molar-refractivity contribution in [2.75, 3.05) is 11.9 Å². The van der Waals surface area contributed by atoms with Gasteiger partial charge in [0.2, 0.25) is 5.91 Å². The molecule has 2 heterocycles. The maximum absolute atomic E-state index is 11.4. The minimum absolute atomic E-state index is 0.0595. The van der Waals surface area contributed by atoms with Gasteiger partial charge in [0.25, 0.3) is 0 Å². The van der Waals surface area contributed by atoms with Crippen molar-refractivity contribution in [3.63, 3.8) is 0 Å². The van der Waals surface area contributed by atoms with Crippen LogP contribution in [0.5, 0.6) is 5.75 Å². The Labute approximate surface area is 131 Å². The van der Waals surface area contributed by atoms with Gasteiger partial charge in [0.1, 0.15) is 11.9 Å². The van der Waals surface area contributed by atoms with E-state index >= 15 is 0 Å². The monoisotopic (exact) mass is 322 g/mol. The first-order valence-electron chi connectivity index (χ1n) is 6.70. The van der Waals surface area contributed by atoms with Crippen molar-refractivity contribution >= 4 is 34.5 Å². The first kappa shape index (κ1) is 14.4. The smallest absolute Gasteiger partial charge is 0.224 e. The van der Waals surface area contributed by atoms with Gasteiger partial charge < -0.3 is 15.8 Å². The lowest BCUT2D eigenvalue weighted by Gasteiger charge is -2.20. The summed E-state index contributed by atoms with van der Waals surface area (Å²) in [7, 11) is 0. The number of rotatable bonds is 4. The van der Waals surface area contributed by atoms with Gasteiger partial charge in [0, 0.05) is 23.5 Å². The number of carbonyl (C=O) groups excluding carboxylic acids is 1. The zero-order valence-electron chi connectivity index (χ0n) is 11.3. The molecule has 1 aromatic carbocycles. The highest BCUT2D eigenvalue weighted by Crippen LogP contribution is 2.32. The van der Waals surface area contributed by atoms with Crippen LogP contribution in [0.4, 0.5) is 5.69 Å². The van der Waals surface area contributed by atoms with Crippen LogP contribution in [0.3, 0.4) is 0 Å². The standard InChI is InChI=1S/C15H15ClN2O2S/c16-14-5-4-13(21-14)12(8-17)20-10-2-3-11-9(7-10)1-6-15(19)18-11/h2-5,7,12H,1,6,8,17H2,(H,18,19). The van der Waals surface area contributed by atoms with E-state index in [-0.39, 0.29) is 12.0 Å². The average Bonchev–Trinajstić information content (AvgIpc) is 2.91. The van der Waals surface area contributed by atoms with Crippen LogP contribution in [0, 0.1) is 0 Å². The third-order valence-electron chi connectivity index (χ3n) is 3.38. The third kappa shape index (κ3) is 3.20. The molecule has 0 fully saturated rings. The first-order valence-corrected chi connectivity index (χ1v) is 7.90. The van der Waals surface area contributed by atoms with Crippen molar-refractivity contribution < 1.29 is 9.53 Å². The molecule has 1 aliphatic heterocycles. The first-order chi connectivity index (χ1) is 10.2. The van der Waals surface area contributed by atoms with Gasteiger partial charge in [-0.25, -0.2) is 0 Å². The number of halogens is 1. The van der Waals surface area contributed by atoms with Gasteiger partial charge in [-0.2, -0.15) is 0 Å². The molecular weight excluding hydrogens is 308 g/mol. The van der Waals surface area contributed by atoms with E-state index in [1.54, 1.807) is 0 Å².